The standard InChI is InChI=1S/C20H34ClN7.HI/c1-16(14-27-11-9-26(3)10-12-27)13-24-20(22-2)25-17-6-8-28(15-17)19-18(21)5-4-7-23-19;/h4-5,7,16-17H,6,8-15H2,1-3H3,(H2,22,24,25);1H. The molecule has 1 aromatic heterocycles. The van der Waals surface area contributed by atoms with Crippen LogP contribution in [0.3, 0.4) is 0 Å². The Balaban J connectivity index is 0.00000300. The minimum Gasteiger partial charge on any atom is -0.356 e. The van der Waals surface area contributed by atoms with Gasteiger partial charge in [0.05, 0.1) is 5.02 Å². The number of nitrogens with zero attached hydrogens (tertiary/aromatic N) is 5. The predicted octanol–water partition coefficient (Wildman–Crippen LogP) is 1.98. The van der Waals surface area contributed by atoms with Gasteiger partial charge in [-0.1, -0.05) is 18.5 Å². The van der Waals surface area contributed by atoms with E-state index in [1.165, 1.54) is 26.2 Å². The summed E-state index contributed by atoms with van der Waals surface area (Å²) in [4.78, 5) is 16.0. The van der Waals surface area contributed by atoms with Crippen molar-refractivity contribution >= 4 is 47.4 Å². The number of hydrogen-bond donors (Lipinski definition) is 2. The molecule has 0 aliphatic carbocycles. The number of halogens is 2. The van der Waals surface area contributed by atoms with E-state index in [0.717, 1.165) is 44.4 Å². The van der Waals surface area contributed by atoms with E-state index in [1.54, 1.807) is 6.20 Å². The van der Waals surface area contributed by atoms with Crippen LogP contribution in [0.5, 0.6) is 0 Å². The number of nitrogens with one attached hydrogen (secondary N) is 2. The van der Waals surface area contributed by atoms with Crippen molar-refractivity contribution in [2.45, 2.75) is 19.4 Å². The first-order valence-corrected chi connectivity index (χ1v) is 10.7. The van der Waals surface area contributed by atoms with Crippen molar-refractivity contribution in [3.63, 3.8) is 0 Å². The van der Waals surface area contributed by atoms with Gasteiger partial charge in [-0.05, 0) is 31.5 Å². The molecule has 0 aromatic carbocycles. The van der Waals surface area contributed by atoms with Gasteiger partial charge in [-0.25, -0.2) is 4.98 Å². The number of pyridine rings is 1. The number of anilines is 1. The predicted molar refractivity (Wildman–Crippen MR) is 133 cm³/mol. The summed E-state index contributed by atoms with van der Waals surface area (Å²) in [7, 11) is 4.03. The Kier molecular flexibility index (Phi) is 10.2. The monoisotopic (exact) mass is 535 g/mol. The Hall–Kier alpha value is -0.840. The lowest BCUT2D eigenvalue weighted by Crippen LogP contribution is -2.49. The molecule has 0 spiro atoms. The van der Waals surface area contributed by atoms with Gasteiger partial charge in [-0.2, -0.15) is 0 Å². The fourth-order valence-electron chi connectivity index (χ4n) is 3.88. The molecule has 2 unspecified atom stereocenters. The van der Waals surface area contributed by atoms with E-state index >= 15 is 0 Å². The van der Waals surface area contributed by atoms with Crippen LogP contribution in [0.1, 0.15) is 13.3 Å². The highest BCUT2D eigenvalue weighted by molar-refractivity contribution is 14.0. The number of aliphatic imine (C=N–C) groups is 1. The second kappa shape index (κ2) is 12.1. The number of rotatable bonds is 6. The summed E-state index contributed by atoms with van der Waals surface area (Å²) in [6.07, 6.45) is 2.84. The molecule has 0 amide bonds. The summed E-state index contributed by atoms with van der Waals surface area (Å²) in [5.74, 6) is 2.33. The number of guanidine groups is 1. The fourth-order valence-corrected chi connectivity index (χ4v) is 4.12. The van der Waals surface area contributed by atoms with Crippen LogP contribution >= 0.6 is 35.6 Å². The van der Waals surface area contributed by atoms with Gasteiger partial charge >= 0.3 is 0 Å². The summed E-state index contributed by atoms with van der Waals surface area (Å²) in [5.41, 5.74) is 0. The maximum Gasteiger partial charge on any atom is 0.191 e. The molecule has 1 aromatic rings. The minimum atomic E-state index is 0. The van der Waals surface area contributed by atoms with Crippen LogP contribution in [-0.2, 0) is 0 Å². The second-order valence-corrected chi connectivity index (χ2v) is 8.45. The van der Waals surface area contributed by atoms with E-state index in [0.29, 0.717) is 17.0 Å². The maximum atomic E-state index is 6.29. The Morgan fingerprint density at radius 1 is 1.31 bits per heavy atom. The summed E-state index contributed by atoms with van der Waals surface area (Å²) >= 11 is 6.29. The van der Waals surface area contributed by atoms with E-state index in [9.17, 15) is 0 Å². The second-order valence-electron chi connectivity index (χ2n) is 8.05. The summed E-state index contributed by atoms with van der Waals surface area (Å²) in [6, 6.07) is 4.11. The van der Waals surface area contributed by atoms with E-state index in [2.05, 4.69) is 49.3 Å². The lowest BCUT2D eigenvalue weighted by Gasteiger charge is -2.34. The molecule has 3 heterocycles. The smallest absolute Gasteiger partial charge is 0.191 e. The third-order valence-electron chi connectivity index (χ3n) is 5.58. The van der Waals surface area contributed by atoms with Gasteiger partial charge < -0.3 is 25.3 Å². The van der Waals surface area contributed by atoms with Crippen molar-refractivity contribution in [3.05, 3.63) is 23.4 Å². The van der Waals surface area contributed by atoms with Gasteiger partial charge in [0.1, 0.15) is 5.82 Å². The highest BCUT2D eigenvalue weighted by atomic mass is 127. The SMILES string of the molecule is CN=C(NCC(C)CN1CCN(C)CC1)NC1CCN(c2ncccc2Cl)C1.I. The quantitative estimate of drug-likeness (QED) is 0.330. The fraction of sp³-hybridized carbons (Fsp3) is 0.700. The summed E-state index contributed by atoms with van der Waals surface area (Å²) < 4.78 is 0. The number of likely N-dealkylation sites (N-methyl/N-ethyl adjacent to an activating group) is 1. The third-order valence-corrected chi connectivity index (χ3v) is 5.87. The summed E-state index contributed by atoms with van der Waals surface area (Å²) in [5, 5.41) is 7.77. The van der Waals surface area contributed by atoms with Gasteiger partial charge in [0.15, 0.2) is 5.96 Å². The maximum absolute atomic E-state index is 6.29. The first kappa shape index (κ1) is 24.4. The average molecular weight is 536 g/mol. The number of piperazine rings is 1. The molecule has 2 fully saturated rings. The molecule has 3 rings (SSSR count). The van der Waals surface area contributed by atoms with Crippen molar-refractivity contribution in [1.29, 1.82) is 0 Å². The Morgan fingerprint density at radius 3 is 2.76 bits per heavy atom. The molecule has 29 heavy (non-hydrogen) atoms. The molecule has 2 N–H and O–H groups in total. The lowest BCUT2D eigenvalue weighted by atomic mass is 10.1. The highest BCUT2D eigenvalue weighted by Crippen LogP contribution is 2.25. The number of hydrogen-bond acceptors (Lipinski definition) is 5. The molecule has 9 heteroatoms. The average Bonchev–Trinajstić information content (AvgIpc) is 3.15. The van der Waals surface area contributed by atoms with Gasteiger partial charge in [-0.3, -0.25) is 4.99 Å². The van der Waals surface area contributed by atoms with Crippen LogP contribution in [-0.4, -0.2) is 93.2 Å². The van der Waals surface area contributed by atoms with Crippen LogP contribution in [0.15, 0.2) is 23.3 Å². The van der Waals surface area contributed by atoms with Crippen molar-refractivity contribution < 1.29 is 0 Å². The molecule has 2 aliphatic heterocycles. The largest absolute Gasteiger partial charge is 0.356 e. The van der Waals surface area contributed by atoms with Crippen LogP contribution in [0, 0.1) is 5.92 Å². The zero-order valence-corrected chi connectivity index (χ0v) is 20.9. The topological polar surface area (TPSA) is 59.0 Å². The molecule has 0 saturated carbocycles. The van der Waals surface area contributed by atoms with Gasteiger partial charge in [0, 0.05) is 71.6 Å². The van der Waals surface area contributed by atoms with Gasteiger partial charge in [-0.15, -0.1) is 24.0 Å². The summed E-state index contributed by atoms with van der Waals surface area (Å²) in [6.45, 7) is 10.9. The molecule has 2 aliphatic rings. The molecular weight excluding hydrogens is 501 g/mol. The van der Waals surface area contributed by atoms with E-state index < -0.39 is 0 Å². The third kappa shape index (κ3) is 7.41. The zero-order chi connectivity index (χ0) is 19.9. The molecule has 2 atom stereocenters. The first-order valence-electron chi connectivity index (χ1n) is 10.3. The lowest BCUT2D eigenvalue weighted by molar-refractivity contribution is 0.139. The first-order chi connectivity index (χ1) is 13.5. The van der Waals surface area contributed by atoms with Crippen molar-refractivity contribution in [2.75, 3.05) is 71.4 Å². The van der Waals surface area contributed by atoms with E-state index in [-0.39, 0.29) is 24.0 Å². The van der Waals surface area contributed by atoms with Gasteiger partial charge in [0.25, 0.3) is 0 Å². The molecule has 0 bridgehead atoms. The van der Waals surface area contributed by atoms with E-state index in [4.69, 9.17) is 11.6 Å². The molecular formula is C20H35ClIN7. The number of aromatic nitrogens is 1. The zero-order valence-electron chi connectivity index (χ0n) is 17.8. The Labute approximate surface area is 197 Å². The van der Waals surface area contributed by atoms with Gasteiger partial charge in [0.2, 0.25) is 0 Å². The highest BCUT2D eigenvalue weighted by Gasteiger charge is 2.25. The molecule has 164 valence electrons. The molecule has 2 saturated heterocycles. The van der Waals surface area contributed by atoms with Crippen LogP contribution in [0.25, 0.3) is 0 Å². The molecule has 7 nitrogen and oxygen atoms in total. The normalized spacial score (nSPS) is 22.3. The Bertz CT molecular complexity index is 651. The van der Waals surface area contributed by atoms with Crippen molar-refractivity contribution in [3.8, 4) is 0 Å². The van der Waals surface area contributed by atoms with Crippen LogP contribution < -0.4 is 15.5 Å². The van der Waals surface area contributed by atoms with Crippen LogP contribution in [0.4, 0.5) is 5.82 Å². The van der Waals surface area contributed by atoms with E-state index in [1.807, 2.05) is 19.2 Å². The van der Waals surface area contributed by atoms with Crippen molar-refractivity contribution in [2.24, 2.45) is 10.9 Å². The molecule has 0 radical (unpaired) electrons. The van der Waals surface area contributed by atoms with Crippen LogP contribution in [0.2, 0.25) is 5.02 Å². The minimum absolute atomic E-state index is 0. The Morgan fingerprint density at radius 2 is 2.07 bits per heavy atom. The van der Waals surface area contributed by atoms with Crippen molar-refractivity contribution in [1.82, 2.24) is 25.4 Å².